The highest BCUT2D eigenvalue weighted by molar-refractivity contribution is 5.99. The van der Waals surface area contributed by atoms with Gasteiger partial charge in [-0.05, 0) is 6.92 Å². The van der Waals surface area contributed by atoms with Crippen molar-refractivity contribution < 1.29 is 13.6 Å². The number of nitrogens with zero attached hydrogens (tertiary/aromatic N) is 2. The molecule has 0 fully saturated rings. The van der Waals surface area contributed by atoms with Gasteiger partial charge in [0.15, 0.2) is 5.82 Å². The molecule has 1 heterocycles. The van der Waals surface area contributed by atoms with Crippen molar-refractivity contribution in [2.45, 2.75) is 13.3 Å². The molecule has 0 aliphatic heterocycles. The fraction of sp³-hybridized carbons (Fsp3) is 0.500. The Balaban J connectivity index is 2.85. The molecule has 5 nitrogen and oxygen atoms in total. The summed E-state index contributed by atoms with van der Waals surface area (Å²) in [4.78, 5) is 12.6. The van der Waals surface area contributed by atoms with Gasteiger partial charge in [-0.15, -0.1) is 0 Å². The van der Waals surface area contributed by atoms with E-state index in [1.807, 2.05) is 0 Å². The lowest BCUT2D eigenvalue weighted by molar-refractivity contribution is 0.0620. The maximum absolute atomic E-state index is 12.0. The monoisotopic (exact) mass is 218 g/mol. The zero-order valence-corrected chi connectivity index (χ0v) is 8.42. The van der Waals surface area contributed by atoms with Crippen molar-refractivity contribution in [3.8, 4) is 0 Å². The number of nitrogens with two attached hydrogens (primary N) is 1. The van der Waals surface area contributed by atoms with E-state index in [-0.39, 0.29) is 11.4 Å². The number of anilines is 1. The van der Waals surface area contributed by atoms with Gasteiger partial charge in [0.05, 0.1) is 6.54 Å². The molecule has 1 amide bonds. The van der Waals surface area contributed by atoms with E-state index in [0.717, 1.165) is 4.90 Å². The third-order valence-electron chi connectivity index (χ3n) is 1.95. The number of aryl methyl sites for hydroxylation is 1. The molecule has 0 saturated heterocycles. The van der Waals surface area contributed by atoms with Crippen molar-refractivity contribution in [1.82, 2.24) is 15.1 Å². The quantitative estimate of drug-likeness (QED) is 0.781. The number of nitrogens with one attached hydrogen (secondary N) is 1. The van der Waals surface area contributed by atoms with Crippen LogP contribution < -0.4 is 5.73 Å². The molecule has 0 unspecified atom stereocenters. The summed E-state index contributed by atoms with van der Waals surface area (Å²) in [5.74, 6) is -0.530. The molecule has 1 rings (SSSR count). The summed E-state index contributed by atoms with van der Waals surface area (Å²) in [5.41, 5.74) is 6.06. The summed E-state index contributed by atoms with van der Waals surface area (Å²) in [7, 11) is 1.29. The molecule has 7 heteroatoms. The molecule has 0 aliphatic carbocycles. The second-order valence-corrected chi connectivity index (χ2v) is 3.19. The van der Waals surface area contributed by atoms with Crippen LogP contribution in [0.5, 0.6) is 0 Å². The van der Waals surface area contributed by atoms with Crippen LogP contribution in [0.4, 0.5) is 14.6 Å². The fourth-order valence-electron chi connectivity index (χ4n) is 1.20. The van der Waals surface area contributed by atoms with E-state index < -0.39 is 18.9 Å². The molecule has 1 aromatic rings. The van der Waals surface area contributed by atoms with Gasteiger partial charge >= 0.3 is 0 Å². The molecular formula is C8H12F2N4O. The molecule has 15 heavy (non-hydrogen) atoms. The number of aromatic nitrogens is 2. The lowest BCUT2D eigenvalue weighted by atomic mass is 10.2. The molecule has 0 bridgehead atoms. The van der Waals surface area contributed by atoms with Crippen molar-refractivity contribution >= 4 is 11.7 Å². The number of hydrogen-bond acceptors (Lipinski definition) is 3. The first kappa shape index (κ1) is 11.4. The predicted molar refractivity (Wildman–Crippen MR) is 50.7 cm³/mol. The van der Waals surface area contributed by atoms with Gasteiger partial charge in [-0.25, -0.2) is 8.78 Å². The molecule has 0 aromatic carbocycles. The zero-order valence-electron chi connectivity index (χ0n) is 8.42. The Morgan fingerprint density at radius 2 is 2.27 bits per heavy atom. The molecule has 0 radical (unpaired) electrons. The van der Waals surface area contributed by atoms with Crippen molar-refractivity contribution in [1.29, 1.82) is 0 Å². The van der Waals surface area contributed by atoms with Crippen molar-refractivity contribution in [3.63, 3.8) is 0 Å². The molecule has 0 spiro atoms. The molecule has 0 atom stereocenters. The minimum absolute atomic E-state index is 0.0265. The molecule has 0 aliphatic rings. The highest BCUT2D eigenvalue weighted by Gasteiger charge is 2.21. The van der Waals surface area contributed by atoms with E-state index in [0.29, 0.717) is 5.69 Å². The van der Waals surface area contributed by atoms with Crippen LogP contribution in [0.1, 0.15) is 16.1 Å². The average molecular weight is 218 g/mol. The second kappa shape index (κ2) is 4.24. The predicted octanol–water partition coefficient (Wildman–Crippen LogP) is 0.637. The SMILES string of the molecule is Cc1[nH]nc(N)c1C(=O)N(C)CC(F)F. The van der Waals surface area contributed by atoms with E-state index in [9.17, 15) is 13.6 Å². The van der Waals surface area contributed by atoms with Crippen LogP contribution in [-0.2, 0) is 0 Å². The standard InChI is InChI=1S/C8H12F2N4O/c1-4-6(7(11)13-12-4)8(15)14(2)3-5(9)10/h5H,3H2,1-2H3,(H3,11,12,13). The van der Waals surface area contributed by atoms with E-state index in [1.54, 1.807) is 6.92 Å². The average Bonchev–Trinajstić information content (AvgIpc) is 2.44. The van der Waals surface area contributed by atoms with E-state index in [2.05, 4.69) is 10.2 Å². The van der Waals surface area contributed by atoms with Crippen molar-refractivity contribution in [3.05, 3.63) is 11.3 Å². The van der Waals surface area contributed by atoms with Crippen LogP contribution in [0.3, 0.4) is 0 Å². The van der Waals surface area contributed by atoms with E-state index in [4.69, 9.17) is 5.73 Å². The largest absolute Gasteiger partial charge is 0.382 e. The van der Waals surface area contributed by atoms with E-state index in [1.165, 1.54) is 7.05 Å². The summed E-state index contributed by atoms with van der Waals surface area (Å²) in [6.07, 6.45) is -2.56. The number of H-pyrrole nitrogens is 1. The molecule has 0 saturated carbocycles. The van der Waals surface area contributed by atoms with Gasteiger partial charge in [0.25, 0.3) is 12.3 Å². The van der Waals surface area contributed by atoms with Crippen molar-refractivity contribution in [2.24, 2.45) is 0 Å². The fourth-order valence-corrected chi connectivity index (χ4v) is 1.20. The third kappa shape index (κ3) is 2.42. The second-order valence-electron chi connectivity index (χ2n) is 3.19. The Morgan fingerprint density at radius 1 is 1.67 bits per heavy atom. The van der Waals surface area contributed by atoms with Gasteiger partial charge in [-0.1, -0.05) is 0 Å². The Kier molecular flexibility index (Phi) is 3.23. The number of halogens is 2. The number of nitrogen functional groups attached to an aromatic ring is 1. The summed E-state index contributed by atoms with van der Waals surface area (Å²) in [6, 6.07) is 0. The Hall–Kier alpha value is -1.66. The summed E-state index contributed by atoms with van der Waals surface area (Å²) in [5, 5.41) is 6.13. The van der Waals surface area contributed by atoms with Gasteiger partial charge in [0, 0.05) is 12.7 Å². The molecule has 1 aromatic heterocycles. The Bertz CT molecular complexity index is 344. The maximum atomic E-state index is 12.0. The lowest BCUT2D eigenvalue weighted by Crippen LogP contribution is -2.31. The van der Waals surface area contributed by atoms with Crippen LogP contribution in [0.2, 0.25) is 0 Å². The molecule has 84 valence electrons. The topological polar surface area (TPSA) is 75.0 Å². The number of rotatable bonds is 3. The minimum Gasteiger partial charge on any atom is -0.382 e. The van der Waals surface area contributed by atoms with Crippen LogP contribution in [-0.4, -0.2) is 41.0 Å². The highest BCUT2D eigenvalue weighted by atomic mass is 19.3. The van der Waals surface area contributed by atoms with Gasteiger partial charge in [0.1, 0.15) is 5.56 Å². The first-order chi connectivity index (χ1) is 6.93. The number of carbonyl (C=O) groups is 1. The minimum atomic E-state index is -2.56. The summed E-state index contributed by atoms with van der Waals surface area (Å²) < 4.78 is 24.1. The van der Waals surface area contributed by atoms with Crippen LogP contribution in [0.15, 0.2) is 0 Å². The third-order valence-corrected chi connectivity index (χ3v) is 1.95. The first-order valence-electron chi connectivity index (χ1n) is 4.27. The first-order valence-corrected chi connectivity index (χ1v) is 4.27. The number of alkyl halides is 2. The van der Waals surface area contributed by atoms with Crippen LogP contribution in [0.25, 0.3) is 0 Å². The van der Waals surface area contributed by atoms with Gasteiger partial charge < -0.3 is 10.6 Å². The number of aromatic amines is 1. The number of hydrogen-bond donors (Lipinski definition) is 2. The summed E-state index contributed by atoms with van der Waals surface area (Å²) in [6.45, 7) is 0.982. The Morgan fingerprint density at radius 3 is 2.67 bits per heavy atom. The van der Waals surface area contributed by atoms with Gasteiger partial charge in [-0.3, -0.25) is 9.89 Å². The van der Waals surface area contributed by atoms with Gasteiger partial charge in [-0.2, -0.15) is 5.10 Å². The molecule has 3 N–H and O–H groups in total. The van der Waals surface area contributed by atoms with E-state index >= 15 is 0 Å². The van der Waals surface area contributed by atoms with Crippen LogP contribution >= 0.6 is 0 Å². The van der Waals surface area contributed by atoms with Crippen molar-refractivity contribution in [2.75, 3.05) is 19.3 Å². The molecular weight excluding hydrogens is 206 g/mol. The van der Waals surface area contributed by atoms with Gasteiger partial charge in [0.2, 0.25) is 0 Å². The number of carbonyl (C=O) groups excluding carboxylic acids is 1. The summed E-state index contributed by atoms with van der Waals surface area (Å²) >= 11 is 0. The number of amides is 1. The normalized spacial score (nSPS) is 10.7. The lowest BCUT2D eigenvalue weighted by Gasteiger charge is -2.16. The zero-order chi connectivity index (χ0) is 11.6. The van der Waals surface area contributed by atoms with Crippen LogP contribution in [0, 0.1) is 6.92 Å². The Labute approximate surface area is 85.2 Å². The maximum Gasteiger partial charge on any atom is 0.259 e. The highest BCUT2D eigenvalue weighted by Crippen LogP contribution is 2.14. The smallest absolute Gasteiger partial charge is 0.259 e.